The van der Waals surface area contributed by atoms with Gasteiger partial charge in [0.2, 0.25) is 0 Å². The van der Waals surface area contributed by atoms with Crippen molar-refractivity contribution in [2.24, 2.45) is 0 Å². The minimum Gasteiger partial charge on any atom is -0.491 e. The van der Waals surface area contributed by atoms with Gasteiger partial charge < -0.3 is 25.0 Å². The smallest absolute Gasteiger partial charge is 0.407 e. The van der Waals surface area contributed by atoms with Gasteiger partial charge in [0, 0.05) is 6.07 Å². The van der Waals surface area contributed by atoms with Crippen LogP contribution < -0.4 is 15.8 Å². The first-order chi connectivity index (χ1) is 10.8. The highest BCUT2D eigenvalue weighted by molar-refractivity contribution is 5.68. The number of carbonyl (C=O) groups excluding carboxylic acids is 1. The molecule has 2 aromatic rings. The van der Waals surface area contributed by atoms with E-state index in [4.69, 9.17) is 19.7 Å². The molecule has 0 radical (unpaired) electrons. The van der Waals surface area contributed by atoms with Gasteiger partial charge >= 0.3 is 6.09 Å². The molecule has 1 aromatic heterocycles. The molecule has 1 heterocycles. The fourth-order valence-electron chi connectivity index (χ4n) is 1.84. The highest BCUT2D eigenvalue weighted by atomic mass is 16.6. The van der Waals surface area contributed by atoms with Crippen LogP contribution in [0.2, 0.25) is 0 Å². The van der Waals surface area contributed by atoms with Crippen molar-refractivity contribution in [2.75, 3.05) is 18.9 Å². The number of benzene rings is 1. The summed E-state index contributed by atoms with van der Waals surface area (Å²) in [4.78, 5) is 11.5. The third kappa shape index (κ3) is 5.21. The second-order valence-electron chi connectivity index (χ2n) is 5.89. The molecule has 2 rings (SSSR count). The maximum atomic E-state index is 11.5. The Labute approximate surface area is 134 Å². The van der Waals surface area contributed by atoms with Gasteiger partial charge in [0.1, 0.15) is 18.0 Å². The van der Waals surface area contributed by atoms with E-state index in [1.807, 2.05) is 45.0 Å². The van der Waals surface area contributed by atoms with Crippen LogP contribution in [-0.2, 0) is 4.74 Å². The summed E-state index contributed by atoms with van der Waals surface area (Å²) in [7, 11) is 0. The van der Waals surface area contributed by atoms with Gasteiger partial charge in [0.05, 0.1) is 12.1 Å². The number of aromatic nitrogens is 1. The molecule has 124 valence electrons. The van der Waals surface area contributed by atoms with Crippen LogP contribution in [-0.4, -0.2) is 30.0 Å². The Balaban J connectivity index is 1.88. The van der Waals surface area contributed by atoms with E-state index in [1.165, 1.54) is 0 Å². The summed E-state index contributed by atoms with van der Waals surface area (Å²) in [5.41, 5.74) is 5.78. The van der Waals surface area contributed by atoms with E-state index in [0.717, 1.165) is 5.56 Å². The summed E-state index contributed by atoms with van der Waals surface area (Å²) in [5, 5.41) is 6.29. The van der Waals surface area contributed by atoms with Crippen LogP contribution in [0.1, 0.15) is 20.8 Å². The Hall–Kier alpha value is -2.70. The molecule has 0 fully saturated rings. The van der Waals surface area contributed by atoms with Crippen molar-refractivity contribution in [3.8, 4) is 17.1 Å². The molecule has 7 nitrogen and oxygen atoms in total. The molecule has 0 spiro atoms. The van der Waals surface area contributed by atoms with E-state index in [0.29, 0.717) is 30.5 Å². The minimum atomic E-state index is -0.524. The lowest BCUT2D eigenvalue weighted by molar-refractivity contribution is 0.0520. The maximum absolute atomic E-state index is 11.5. The number of anilines is 1. The van der Waals surface area contributed by atoms with Gasteiger partial charge in [-0.1, -0.05) is 17.3 Å². The molecule has 0 bridgehead atoms. The molecule has 23 heavy (non-hydrogen) atoms. The maximum Gasteiger partial charge on any atom is 0.407 e. The highest BCUT2D eigenvalue weighted by Gasteiger charge is 2.15. The van der Waals surface area contributed by atoms with Crippen LogP contribution in [0, 0.1) is 0 Å². The molecule has 0 saturated heterocycles. The zero-order valence-electron chi connectivity index (χ0n) is 13.5. The number of ether oxygens (including phenoxy) is 2. The number of rotatable bonds is 5. The van der Waals surface area contributed by atoms with Gasteiger partial charge in [-0.15, -0.1) is 0 Å². The van der Waals surface area contributed by atoms with Gasteiger partial charge in [-0.25, -0.2) is 4.79 Å². The van der Waals surface area contributed by atoms with Crippen molar-refractivity contribution >= 4 is 11.9 Å². The highest BCUT2D eigenvalue weighted by Crippen LogP contribution is 2.30. The van der Waals surface area contributed by atoms with E-state index in [1.54, 1.807) is 6.07 Å². The number of hydrogen-bond acceptors (Lipinski definition) is 6. The number of hydrogen-bond donors (Lipinski definition) is 2. The molecular weight excluding hydrogens is 298 g/mol. The van der Waals surface area contributed by atoms with Crippen molar-refractivity contribution in [3.05, 3.63) is 30.3 Å². The number of nitrogens with zero attached hydrogens (tertiary/aromatic N) is 1. The fraction of sp³-hybridized carbons (Fsp3) is 0.375. The molecule has 7 heteroatoms. The van der Waals surface area contributed by atoms with E-state index >= 15 is 0 Å². The molecule has 0 aliphatic carbocycles. The van der Waals surface area contributed by atoms with E-state index in [9.17, 15) is 4.79 Å². The van der Waals surface area contributed by atoms with E-state index < -0.39 is 11.7 Å². The predicted octanol–water partition coefficient (Wildman–Crippen LogP) is 2.83. The SMILES string of the molecule is CC(C)(C)OC(=O)NCCOc1ccccc1-c1cc(N)no1. The van der Waals surface area contributed by atoms with Crippen LogP contribution in [0.5, 0.6) is 5.75 Å². The van der Waals surface area contributed by atoms with Crippen molar-refractivity contribution in [3.63, 3.8) is 0 Å². The standard InChI is InChI=1S/C16H21N3O4/c1-16(2,3)22-15(20)18-8-9-21-12-7-5-4-6-11(12)13-10-14(17)19-23-13/h4-7,10H,8-9H2,1-3H3,(H2,17,19)(H,18,20). The van der Waals surface area contributed by atoms with Crippen LogP contribution >= 0.6 is 0 Å². The van der Waals surface area contributed by atoms with E-state index in [2.05, 4.69) is 10.5 Å². The number of nitrogens with one attached hydrogen (secondary N) is 1. The molecule has 0 aliphatic rings. The topological polar surface area (TPSA) is 99.6 Å². The zero-order valence-corrected chi connectivity index (χ0v) is 13.5. The second-order valence-corrected chi connectivity index (χ2v) is 5.89. The summed E-state index contributed by atoms with van der Waals surface area (Å²) < 4.78 is 16.0. The molecule has 3 N–H and O–H groups in total. The van der Waals surface area contributed by atoms with Gasteiger partial charge in [-0.3, -0.25) is 0 Å². The number of amides is 1. The zero-order chi connectivity index (χ0) is 16.9. The lowest BCUT2D eigenvalue weighted by atomic mass is 10.1. The number of para-hydroxylation sites is 1. The van der Waals surface area contributed by atoms with Gasteiger partial charge in [0.25, 0.3) is 0 Å². The van der Waals surface area contributed by atoms with Crippen LogP contribution in [0.15, 0.2) is 34.9 Å². The van der Waals surface area contributed by atoms with Crippen molar-refractivity contribution in [1.82, 2.24) is 10.5 Å². The average molecular weight is 319 g/mol. The number of carbonyl (C=O) groups is 1. The summed E-state index contributed by atoms with van der Waals surface area (Å²) in [5.74, 6) is 1.45. The third-order valence-corrected chi connectivity index (χ3v) is 2.71. The second kappa shape index (κ2) is 7.04. The Morgan fingerprint density at radius 1 is 1.35 bits per heavy atom. The molecule has 1 amide bonds. The van der Waals surface area contributed by atoms with Gasteiger partial charge in [-0.2, -0.15) is 0 Å². The molecule has 0 saturated carbocycles. The first-order valence-corrected chi connectivity index (χ1v) is 7.26. The number of nitrogen functional groups attached to an aromatic ring is 1. The summed E-state index contributed by atoms with van der Waals surface area (Å²) >= 11 is 0. The largest absolute Gasteiger partial charge is 0.491 e. The summed E-state index contributed by atoms with van der Waals surface area (Å²) in [6.07, 6.45) is -0.475. The van der Waals surface area contributed by atoms with Gasteiger partial charge in [0.15, 0.2) is 11.6 Å². The van der Waals surface area contributed by atoms with Crippen LogP contribution in [0.4, 0.5) is 10.6 Å². The normalized spacial score (nSPS) is 11.1. The average Bonchev–Trinajstić information content (AvgIpc) is 2.88. The molecule has 0 unspecified atom stereocenters. The Morgan fingerprint density at radius 2 is 2.09 bits per heavy atom. The molecule has 0 aliphatic heterocycles. The van der Waals surface area contributed by atoms with Crippen molar-refractivity contribution < 1.29 is 18.8 Å². The monoisotopic (exact) mass is 319 g/mol. The van der Waals surface area contributed by atoms with E-state index in [-0.39, 0.29) is 0 Å². The Kier molecular flexibility index (Phi) is 5.10. The fourth-order valence-corrected chi connectivity index (χ4v) is 1.84. The lowest BCUT2D eigenvalue weighted by Crippen LogP contribution is -2.34. The summed E-state index contributed by atoms with van der Waals surface area (Å²) in [6.45, 7) is 6.04. The van der Waals surface area contributed by atoms with Crippen molar-refractivity contribution in [1.29, 1.82) is 0 Å². The summed E-state index contributed by atoms with van der Waals surface area (Å²) in [6, 6.07) is 8.99. The third-order valence-electron chi connectivity index (χ3n) is 2.71. The minimum absolute atomic E-state index is 0.292. The Morgan fingerprint density at radius 3 is 2.74 bits per heavy atom. The molecule has 0 atom stereocenters. The quantitative estimate of drug-likeness (QED) is 0.822. The molecule has 1 aromatic carbocycles. The van der Waals surface area contributed by atoms with Crippen LogP contribution in [0.25, 0.3) is 11.3 Å². The number of nitrogens with two attached hydrogens (primary N) is 1. The lowest BCUT2D eigenvalue weighted by Gasteiger charge is -2.19. The first kappa shape index (κ1) is 16.7. The van der Waals surface area contributed by atoms with Gasteiger partial charge in [-0.05, 0) is 32.9 Å². The van der Waals surface area contributed by atoms with Crippen molar-refractivity contribution in [2.45, 2.75) is 26.4 Å². The number of alkyl carbamates (subject to hydrolysis) is 1. The first-order valence-electron chi connectivity index (χ1n) is 7.26. The predicted molar refractivity (Wildman–Crippen MR) is 86.1 cm³/mol. The molecular formula is C16H21N3O4. The van der Waals surface area contributed by atoms with Crippen LogP contribution in [0.3, 0.4) is 0 Å². The Bertz CT molecular complexity index is 661.